The first-order valence-electron chi connectivity index (χ1n) is 11.9. The standard InChI is InChI=1S/C26H30N6O4/c1-26(2,16-28-24-19-7-4-5-8-20(19)25(34)31-30-24)15-27-21(33)9-6-10-22-29-23(32-36-22)17-11-13-18(35-3)14-12-17/h4-5,7-8,11-14,20,28H,6,9-10,15-16H2,1-3H3,(H,27,33). The van der Waals surface area contributed by atoms with Crippen LogP contribution in [0.2, 0.25) is 0 Å². The third-order valence-electron chi connectivity index (χ3n) is 5.92. The topological polar surface area (TPSA) is 131 Å². The van der Waals surface area contributed by atoms with Crippen LogP contribution < -0.4 is 15.4 Å². The number of nitrogens with zero attached hydrogens (tertiary/aromatic N) is 4. The summed E-state index contributed by atoms with van der Waals surface area (Å²) in [4.78, 5) is 28.7. The molecule has 2 aliphatic rings. The molecule has 0 spiro atoms. The molecule has 1 unspecified atom stereocenters. The molecule has 4 rings (SSSR count). The van der Waals surface area contributed by atoms with E-state index in [9.17, 15) is 9.59 Å². The van der Waals surface area contributed by atoms with Gasteiger partial charge in [0.1, 0.15) is 5.75 Å². The van der Waals surface area contributed by atoms with Crippen molar-refractivity contribution in [3.05, 3.63) is 65.9 Å². The van der Waals surface area contributed by atoms with Crippen LogP contribution in [0, 0.1) is 11.3 Å². The third kappa shape index (κ3) is 6.32. The molecular formula is C26H30N6O4. The van der Waals surface area contributed by atoms with Gasteiger partial charge < -0.3 is 19.9 Å². The van der Waals surface area contributed by atoms with E-state index in [1.54, 1.807) is 7.11 Å². The highest BCUT2D eigenvalue weighted by molar-refractivity contribution is 5.86. The van der Waals surface area contributed by atoms with E-state index in [0.717, 1.165) is 16.9 Å². The molecule has 1 aromatic carbocycles. The number of carbonyl (C=O) groups is 2. The summed E-state index contributed by atoms with van der Waals surface area (Å²) in [6.45, 7) is 5.13. The molecule has 188 valence electrons. The van der Waals surface area contributed by atoms with Crippen LogP contribution in [0.4, 0.5) is 0 Å². The number of amides is 2. The molecule has 0 saturated heterocycles. The molecular weight excluding hydrogens is 460 g/mol. The highest BCUT2D eigenvalue weighted by atomic mass is 16.5. The molecule has 1 atom stereocenters. The Balaban J connectivity index is 1.19. The number of allylic oxidation sites excluding steroid dienone is 3. The SMILES string of the molecule is COc1ccc(-c2noc(CCCC(=O)NCC(C)(C)CNC3=C4C=CC=CC4C(=O)N=N3)n2)cc1. The lowest BCUT2D eigenvalue weighted by Crippen LogP contribution is -2.40. The van der Waals surface area contributed by atoms with Crippen molar-refractivity contribution in [1.29, 1.82) is 0 Å². The average Bonchev–Trinajstić information content (AvgIpc) is 3.36. The van der Waals surface area contributed by atoms with Crippen molar-refractivity contribution in [1.82, 2.24) is 20.8 Å². The van der Waals surface area contributed by atoms with E-state index in [0.29, 0.717) is 49.9 Å². The van der Waals surface area contributed by atoms with Crippen molar-refractivity contribution >= 4 is 11.8 Å². The van der Waals surface area contributed by atoms with Gasteiger partial charge in [-0.2, -0.15) is 4.98 Å². The molecule has 0 radical (unpaired) electrons. The van der Waals surface area contributed by atoms with Crippen molar-refractivity contribution in [2.45, 2.75) is 33.1 Å². The number of fused-ring (bicyclic) bond motifs is 1. The maximum absolute atomic E-state index is 12.4. The molecule has 10 nitrogen and oxygen atoms in total. The van der Waals surface area contributed by atoms with E-state index in [1.807, 2.05) is 62.4 Å². The summed E-state index contributed by atoms with van der Waals surface area (Å²) in [7, 11) is 1.61. The lowest BCUT2D eigenvalue weighted by atomic mass is 9.91. The number of hydrogen-bond acceptors (Lipinski definition) is 8. The Bertz CT molecular complexity index is 1220. The smallest absolute Gasteiger partial charge is 0.276 e. The Kier molecular flexibility index (Phi) is 7.72. The highest BCUT2D eigenvalue weighted by Crippen LogP contribution is 2.28. The number of hydrogen-bond donors (Lipinski definition) is 2. The van der Waals surface area contributed by atoms with Gasteiger partial charge in [0.25, 0.3) is 5.91 Å². The lowest BCUT2D eigenvalue weighted by Gasteiger charge is -2.27. The lowest BCUT2D eigenvalue weighted by molar-refractivity contribution is -0.122. The molecule has 0 fully saturated rings. The van der Waals surface area contributed by atoms with Crippen LogP contribution in [0.3, 0.4) is 0 Å². The summed E-state index contributed by atoms with van der Waals surface area (Å²) >= 11 is 0. The fourth-order valence-electron chi connectivity index (χ4n) is 3.77. The highest BCUT2D eigenvalue weighted by Gasteiger charge is 2.28. The van der Waals surface area contributed by atoms with E-state index in [-0.39, 0.29) is 23.1 Å². The number of rotatable bonds is 11. The Labute approximate surface area is 209 Å². The summed E-state index contributed by atoms with van der Waals surface area (Å²) in [5.74, 6) is 1.67. The van der Waals surface area contributed by atoms with Crippen LogP contribution in [-0.4, -0.2) is 42.2 Å². The quantitative estimate of drug-likeness (QED) is 0.490. The number of ether oxygens (including phenoxy) is 1. The van der Waals surface area contributed by atoms with Crippen LogP contribution >= 0.6 is 0 Å². The minimum absolute atomic E-state index is 0.0386. The van der Waals surface area contributed by atoms with Crippen LogP contribution in [0.25, 0.3) is 11.4 Å². The number of aryl methyl sites for hydroxylation is 1. The molecule has 0 bridgehead atoms. The molecule has 2 amide bonds. The Morgan fingerprint density at radius 1 is 1.14 bits per heavy atom. The predicted molar refractivity (Wildman–Crippen MR) is 133 cm³/mol. The van der Waals surface area contributed by atoms with Gasteiger partial charge in [0, 0.05) is 37.1 Å². The third-order valence-corrected chi connectivity index (χ3v) is 5.92. The Morgan fingerprint density at radius 2 is 1.94 bits per heavy atom. The van der Waals surface area contributed by atoms with Crippen molar-refractivity contribution in [3.63, 3.8) is 0 Å². The first-order valence-corrected chi connectivity index (χ1v) is 11.9. The molecule has 0 saturated carbocycles. The van der Waals surface area contributed by atoms with Crippen molar-refractivity contribution in [2.75, 3.05) is 20.2 Å². The minimum Gasteiger partial charge on any atom is -0.497 e. The van der Waals surface area contributed by atoms with E-state index in [4.69, 9.17) is 9.26 Å². The van der Waals surface area contributed by atoms with Gasteiger partial charge in [0.15, 0.2) is 5.82 Å². The number of carbonyl (C=O) groups excluding carboxylic acids is 2. The molecule has 2 N–H and O–H groups in total. The first-order chi connectivity index (χ1) is 17.3. The number of aromatic nitrogens is 2. The number of methoxy groups -OCH3 is 1. The van der Waals surface area contributed by atoms with Crippen molar-refractivity contribution in [2.24, 2.45) is 21.6 Å². The van der Waals surface area contributed by atoms with Gasteiger partial charge in [-0.1, -0.05) is 43.3 Å². The fourth-order valence-corrected chi connectivity index (χ4v) is 3.77. The Hall–Kier alpha value is -4.08. The van der Waals surface area contributed by atoms with Crippen molar-refractivity contribution in [3.8, 4) is 17.1 Å². The molecule has 1 aromatic heterocycles. The van der Waals surface area contributed by atoms with E-state index in [2.05, 4.69) is 31.0 Å². The monoisotopic (exact) mass is 490 g/mol. The summed E-state index contributed by atoms with van der Waals surface area (Å²) in [6, 6.07) is 7.41. The van der Waals surface area contributed by atoms with Crippen LogP contribution in [0.15, 0.2) is 74.7 Å². The second-order valence-electron chi connectivity index (χ2n) is 9.45. The number of benzene rings is 1. The molecule has 2 heterocycles. The van der Waals surface area contributed by atoms with Gasteiger partial charge in [0.05, 0.1) is 13.0 Å². The number of nitrogens with one attached hydrogen (secondary N) is 2. The number of azo groups is 1. The molecule has 1 aliphatic carbocycles. The van der Waals surface area contributed by atoms with Crippen LogP contribution in [0.1, 0.15) is 32.6 Å². The molecule has 1 aliphatic heterocycles. The summed E-state index contributed by atoms with van der Waals surface area (Å²) in [5.41, 5.74) is 1.40. The second kappa shape index (κ2) is 11.1. The second-order valence-corrected chi connectivity index (χ2v) is 9.45. The van der Waals surface area contributed by atoms with E-state index < -0.39 is 0 Å². The van der Waals surface area contributed by atoms with Gasteiger partial charge in [-0.05, 0) is 36.1 Å². The minimum atomic E-state index is -0.385. The Morgan fingerprint density at radius 3 is 2.72 bits per heavy atom. The zero-order valence-electron chi connectivity index (χ0n) is 20.7. The molecule has 36 heavy (non-hydrogen) atoms. The largest absolute Gasteiger partial charge is 0.497 e. The van der Waals surface area contributed by atoms with Gasteiger partial charge in [-0.15, -0.1) is 10.2 Å². The molecule has 2 aromatic rings. The summed E-state index contributed by atoms with van der Waals surface area (Å²) in [5, 5.41) is 18.1. The first kappa shape index (κ1) is 25.0. The predicted octanol–water partition coefficient (Wildman–Crippen LogP) is 3.75. The summed E-state index contributed by atoms with van der Waals surface area (Å²) in [6.07, 6.45) is 8.88. The van der Waals surface area contributed by atoms with Gasteiger partial charge in [-0.3, -0.25) is 9.59 Å². The van der Waals surface area contributed by atoms with Gasteiger partial charge >= 0.3 is 0 Å². The normalized spacial score (nSPS) is 16.8. The van der Waals surface area contributed by atoms with Crippen molar-refractivity contribution < 1.29 is 18.8 Å². The maximum atomic E-state index is 12.4. The summed E-state index contributed by atoms with van der Waals surface area (Å²) < 4.78 is 10.5. The maximum Gasteiger partial charge on any atom is 0.276 e. The fraction of sp³-hybridized carbons (Fsp3) is 0.385. The zero-order chi connectivity index (χ0) is 25.5. The average molecular weight is 491 g/mol. The van der Waals surface area contributed by atoms with Crippen LogP contribution in [-0.2, 0) is 16.0 Å². The molecule has 10 heteroatoms. The van der Waals surface area contributed by atoms with Gasteiger partial charge in [-0.25, -0.2) is 0 Å². The van der Waals surface area contributed by atoms with Crippen LogP contribution in [0.5, 0.6) is 5.75 Å². The zero-order valence-corrected chi connectivity index (χ0v) is 20.7. The van der Waals surface area contributed by atoms with E-state index in [1.165, 1.54) is 0 Å². The van der Waals surface area contributed by atoms with Gasteiger partial charge in [0.2, 0.25) is 17.6 Å². The van der Waals surface area contributed by atoms with E-state index >= 15 is 0 Å².